The van der Waals surface area contributed by atoms with Crippen LogP contribution in [0.4, 0.5) is 0 Å². The van der Waals surface area contributed by atoms with Gasteiger partial charge in [0.25, 0.3) is 5.91 Å². The molecule has 1 fully saturated rings. The maximum absolute atomic E-state index is 13.2. The molecule has 0 atom stereocenters. The number of rotatable bonds is 6. The minimum atomic E-state index is -0.391. The van der Waals surface area contributed by atoms with E-state index in [0.717, 1.165) is 5.56 Å². The average Bonchev–Trinajstić information content (AvgIpc) is 2.68. The van der Waals surface area contributed by atoms with E-state index < -0.39 is 5.54 Å². The Hall–Kier alpha value is -2.16. The van der Waals surface area contributed by atoms with Gasteiger partial charge in [0.05, 0.1) is 24.3 Å². The summed E-state index contributed by atoms with van der Waals surface area (Å²) in [5.41, 5.74) is 0.467. The molecule has 4 rings (SSSR count). The Balaban J connectivity index is 1.77. The van der Waals surface area contributed by atoms with Gasteiger partial charge in [-0.05, 0) is 21.5 Å². The lowest BCUT2D eigenvalue weighted by atomic mass is 9.92. The van der Waals surface area contributed by atoms with Crippen LogP contribution in [-0.4, -0.2) is 55.4 Å². The summed E-state index contributed by atoms with van der Waals surface area (Å²) < 4.78 is 18.7. The van der Waals surface area contributed by atoms with Gasteiger partial charge in [-0.25, -0.2) is 0 Å². The Morgan fingerprint density at radius 3 is 2.61 bits per heavy atom. The molecule has 8 heteroatoms. The standard InChI is InChI=1S/C20H21BrN2O5/c1-26-8-7-22-11-20(12-27-13-20)23-9-15(21)17(24)18(16(23)19(22)25)28-10-14-5-3-2-4-6-14/h2-6,9H,7-8,10-13H2,1H3. The van der Waals surface area contributed by atoms with E-state index in [0.29, 0.717) is 37.4 Å². The van der Waals surface area contributed by atoms with Crippen molar-refractivity contribution < 1.29 is 19.0 Å². The van der Waals surface area contributed by atoms with E-state index in [-0.39, 0.29) is 29.4 Å². The molecule has 7 nitrogen and oxygen atoms in total. The highest BCUT2D eigenvalue weighted by atomic mass is 79.9. The van der Waals surface area contributed by atoms with Crippen LogP contribution in [0, 0.1) is 0 Å². The monoisotopic (exact) mass is 448 g/mol. The second-order valence-electron chi connectivity index (χ2n) is 7.06. The highest BCUT2D eigenvalue weighted by molar-refractivity contribution is 9.10. The Morgan fingerprint density at radius 2 is 1.96 bits per heavy atom. The van der Waals surface area contributed by atoms with E-state index in [2.05, 4.69) is 15.9 Å². The van der Waals surface area contributed by atoms with Gasteiger partial charge in [0.15, 0.2) is 11.4 Å². The van der Waals surface area contributed by atoms with Gasteiger partial charge in [0.1, 0.15) is 12.1 Å². The number of methoxy groups -OCH3 is 1. The molecule has 2 aromatic rings. The van der Waals surface area contributed by atoms with Gasteiger partial charge in [-0.15, -0.1) is 0 Å². The molecular weight excluding hydrogens is 428 g/mol. The van der Waals surface area contributed by atoms with E-state index in [1.807, 2.05) is 34.9 Å². The minimum Gasteiger partial charge on any atom is -0.483 e. The first-order valence-electron chi connectivity index (χ1n) is 9.04. The third-order valence-corrected chi connectivity index (χ3v) is 5.71. The molecule has 2 aliphatic rings. The van der Waals surface area contributed by atoms with Crippen LogP contribution in [0.2, 0.25) is 0 Å². The maximum Gasteiger partial charge on any atom is 0.274 e. The van der Waals surface area contributed by atoms with Gasteiger partial charge in [0, 0.05) is 26.4 Å². The molecule has 1 spiro atoms. The molecule has 0 aliphatic carbocycles. The predicted molar refractivity (Wildman–Crippen MR) is 106 cm³/mol. The molecular formula is C20H21BrN2O5. The Bertz CT molecular complexity index is 940. The zero-order valence-electron chi connectivity index (χ0n) is 15.5. The molecule has 0 N–H and O–H groups in total. The van der Waals surface area contributed by atoms with Crippen molar-refractivity contribution in [1.29, 1.82) is 0 Å². The van der Waals surface area contributed by atoms with Crippen molar-refractivity contribution in [3.63, 3.8) is 0 Å². The number of carbonyl (C=O) groups is 1. The summed E-state index contributed by atoms with van der Waals surface area (Å²) in [7, 11) is 1.60. The number of ether oxygens (including phenoxy) is 3. The van der Waals surface area contributed by atoms with E-state index in [4.69, 9.17) is 14.2 Å². The number of carbonyl (C=O) groups excluding carboxylic acids is 1. The smallest absolute Gasteiger partial charge is 0.274 e. The highest BCUT2D eigenvalue weighted by Gasteiger charge is 2.49. The van der Waals surface area contributed by atoms with Crippen molar-refractivity contribution in [2.75, 3.05) is 40.0 Å². The van der Waals surface area contributed by atoms with Crippen LogP contribution >= 0.6 is 15.9 Å². The van der Waals surface area contributed by atoms with E-state index in [9.17, 15) is 9.59 Å². The molecule has 3 heterocycles. The topological polar surface area (TPSA) is 70.0 Å². The summed E-state index contributed by atoms with van der Waals surface area (Å²) in [6.45, 7) is 2.53. The summed E-state index contributed by atoms with van der Waals surface area (Å²) >= 11 is 3.33. The lowest BCUT2D eigenvalue weighted by Gasteiger charge is -2.50. The number of pyridine rings is 1. The molecule has 1 aromatic heterocycles. The zero-order valence-corrected chi connectivity index (χ0v) is 17.1. The number of hydrogen-bond acceptors (Lipinski definition) is 5. The number of halogens is 1. The van der Waals surface area contributed by atoms with Crippen molar-refractivity contribution in [2.45, 2.75) is 12.1 Å². The highest BCUT2D eigenvalue weighted by Crippen LogP contribution is 2.37. The summed E-state index contributed by atoms with van der Waals surface area (Å²) in [4.78, 5) is 27.8. The molecule has 1 saturated heterocycles. The fourth-order valence-electron chi connectivity index (χ4n) is 3.60. The third-order valence-electron chi connectivity index (χ3n) is 5.14. The second-order valence-corrected chi connectivity index (χ2v) is 7.92. The van der Waals surface area contributed by atoms with Crippen molar-refractivity contribution in [2.24, 2.45) is 0 Å². The van der Waals surface area contributed by atoms with E-state index in [1.165, 1.54) is 0 Å². The molecule has 0 unspecified atom stereocenters. The number of fused-ring (bicyclic) bond motifs is 2. The summed E-state index contributed by atoms with van der Waals surface area (Å²) in [5.74, 6) is -0.168. The number of benzene rings is 1. The Morgan fingerprint density at radius 1 is 1.21 bits per heavy atom. The number of amides is 1. The Labute approximate surface area is 170 Å². The normalized spacial score (nSPS) is 17.4. The fraction of sp³-hybridized carbons (Fsp3) is 0.400. The van der Waals surface area contributed by atoms with Crippen LogP contribution in [0.15, 0.2) is 45.8 Å². The first kappa shape index (κ1) is 19.2. The van der Waals surface area contributed by atoms with Crippen LogP contribution in [0.1, 0.15) is 16.1 Å². The van der Waals surface area contributed by atoms with Crippen molar-refractivity contribution in [1.82, 2.24) is 9.47 Å². The number of aromatic nitrogens is 1. The van der Waals surface area contributed by atoms with Crippen LogP contribution in [0.3, 0.4) is 0 Å². The van der Waals surface area contributed by atoms with Gasteiger partial charge in [-0.1, -0.05) is 30.3 Å². The molecule has 1 aromatic carbocycles. The van der Waals surface area contributed by atoms with Crippen LogP contribution in [0.25, 0.3) is 0 Å². The van der Waals surface area contributed by atoms with E-state index in [1.54, 1.807) is 18.2 Å². The van der Waals surface area contributed by atoms with E-state index >= 15 is 0 Å². The zero-order chi connectivity index (χ0) is 19.7. The molecule has 2 aliphatic heterocycles. The fourth-order valence-corrected chi connectivity index (χ4v) is 3.99. The largest absolute Gasteiger partial charge is 0.483 e. The molecule has 1 amide bonds. The molecule has 0 radical (unpaired) electrons. The average molecular weight is 449 g/mol. The summed E-state index contributed by atoms with van der Waals surface area (Å²) in [6, 6.07) is 9.55. The summed E-state index contributed by atoms with van der Waals surface area (Å²) in [5, 5.41) is 0. The molecule has 28 heavy (non-hydrogen) atoms. The first-order valence-corrected chi connectivity index (χ1v) is 9.83. The van der Waals surface area contributed by atoms with Crippen LogP contribution in [-0.2, 0) is 21.6 Å². The SMILES string of the molecule is COCCN1CC2(COC2)n2cc(Br)c(=O)c(OCc3ccccc3)c2C1=O. The van der Waals surface area contributed by atoms with Gasteiger partial charge in [-0.3, -0.25) is 9.59 Å². The number of nitrogens with zero attached hydrogens (tertiary/aromatic N) is 2. The second kappa shape index (κ2) is 7.69. The van der Waals surface area contributed by atoms with Crippen LogP contribution in [0.5, 0.6) is 5.75 Å². The number of hydrogen-bond donors (Lipinski definition) is 0. The van der Waals surface area contributed by atoms with Gasteiger partial charge in [-0.2, -0.15) is 0 Å². The molecule has 0 bridgehead atoms. The van der Waals surface area contributed by atoms with Gasteiger partial charge >= 0.3 is 0 Å². The lowest BCUT2D eigenvalue weighted by molar-refractivity contribution is -0.118. The quantitative estimate of drug-likeness (QED) is 0.675. The molecule has 0 saturated carbocycles. The van der Waals surface area contributed by atoms with Crippen LogP contribution < -0.4 is 10.2 Å². The van der Waals surface area contributed by atoms with Crippen molar-refractivity contribution in [3.05, 3.63) is 62.5 Å². The maximum atomic E-state index is 13.2. The molecule has 148 valence electrons. The third kappa shape index (κ3) is 3.25. The lowest BCUT2D eigenvalue weighted by Crippen LogP contribution is -2.64. The Kier molecular flexibility index (Phi) is 5.27. The van der Waals surface area contributed by atoms with Crippen molar-refractivity contribution in [3.8, 4) is 5.75 Å². The van der Waals surface area contributed by atoms with Gasteiger partial charge in [0.2, 0.25) is 5.43 Å². The van der Waals surface area contributed by atoms with Crippen molar-refractivity contribution >= 4 is 21.8 Å². The predicted octanol–water partition coefficient (Wildman–Crippen LogP) is 2.02. The first-order chi connectivity index (χ1) is 13.6. The minimum absolute atomic E-state index is 0.0663. The van der Waals surface area contributed by atoms with Gasteiger partial charge < -0.3 is 23.7 Å². The summed E-state index contributed by atoms with van der Waals surface area (Å²) in [6.07, 6.45) is 1.68.